The van der Waals surface area contributed by atoms with Gasteiger partial charge in [-0.05, 0) is 18.3 Å². The minimum absolute atomic E-state index is 0.00842. The highest BCUT2D eigenvalue weighted by Crippen LogP contribution is 2.40. The standard InChI is InChI=1S/C16H24N4O2/c1-11(21)18-13-8-16(2,3)9-14-12(13)10-17-15(19-14)20-4-6-22-7-5-20/h10,13H,4-9H2,1-3H3,(H,18,21). The normalized spacial score (nSPS) is 23.8. The maximum Gasteiger partial charge on any atom is 0.225 e. The van der Waals surface area contributed by atoms with Crippen molar-refractivity contribution in [3.8, 4) is 0 Å². The van der Waals surface area contributed by atoms with Gasteiger partial charge in [0.25, 0.3) is 0 Å². The predicted molar refractivity (Wildman–Crippen MR) is 83.7 cm³/mol. The number of anilines is 1. The van der Waals surface area contributed by atoms with Crippen molar-refractivity contribution in [1.82, 2.24) is 15.3 Å². The van der Waals surface area contributed by atoms with Gasteiger partial charge in [-0.15, -0.1) is 0 Å². The monoisotopic (exact) mass is 304 g/mol. The van der Waals surface area contributed by atoms with E-state index >= 15 is 0 Å². The van der Waals surface area contributed by atoms with Gasteiger partial charge in [-0.3, -0.25) is 4.79 Å². The zero-order chi connectivity index (χ0) is 15.7. The number of rotatable bonds is 2. The smallest absolute Gasteiger partial charge is 0.225 e. The molecule has 6 heteroatoms. The van der Waals surface area contributed by atoms with E-state index < -0.39 is 0 Å². The maximum atomic E-state index is 11.5. The number of nitrogens with one attached hydrogen (secondary N) is 1. The highest BCUT2D eigenvalue weighted by molar-refractivity contribution is 5.73. The van der Waals surface area contributed by atoms with E-state index in [0.717, 1.165) is 56.4 Å². The van der Waals surface area contributed by atoms with Crippen LogP contribution in [0.1, 0.15) is 44.5 Å². The number of aromatic nitrogens is 2. The fourth-order valence-corrected chi connectivity index (χ4v) is 3.33. The second-order valence-corrected chi connectivity index (χ2v) is 6.97. The molecule has 1 N–H and O–H groups in total. The lowest BCUT2D eigenvalue weighted by Gasteiger charge is -2.37. The Balaban J connectivity index is 1.90. The van der Waals surface area contributed by atoms with Crippen molar-refractivity contribution in [1.29, 1.82) is 0 Å². The van der Waals surface area contributed by atoms with E-state index in [1.165, 1.54) is 0 Å². The SMILES string of the molecule is CC(=O)NC1CC(C)(C)Cc2nc(N3CCOCC3)ncc21. The molecule has 1 atom stereocenters. The summed E-state index contributed by atoms with van der Waals surface area (Å²) in [6, 6.07) is 0.00925. The number of hydrogen-bond donors (Lipinski definition) is 1. The van der Waals surface area contributed by atoms with Gasteiger partial charge < -0.3 is 15.0 Å². The fourth-order valence-electron chi connectivity index (χ4n) is 3.33. The summed E-state index contributed by atoms with van der Waals surface area (Å²) in [6.07, 6.45) is 3.72. The van der Waals surface area contributed by atoms with Crippen LogP contribution < -0.4 is 10.2 Å². The second-order valence-electron chi connectivity index (χ2n) is 6.97. The number of nitrogens with zero attached hydrogens (tertiary/aromatic N) is 3. The molecule has 0 aromatic carbocycles. The first-order chi connectivity index (χ1) is 10.4. The summed E-state index contributed by atoms with van der Waals surface area (Å²) in [5.41, 5.74) is 2.24. The molecule has 0 radical (unpaired) electrons. The molecule has 1 fully saturated rings. The first-order valence-corrected chi connectivity index (χ1v) is 7.90. The summed E-state index contributed by atoms with van der Waals surface area (Å²) in [4.78, 5) is 23.0. The fraction of sp³-hybridized carbons (Fsp3) is 0.688. The van der Waals surface area contributed by atoms with Gasteiger partial charge in [0.1, 0.15) is 0 Å². The number of carbonyl (C=O) groups is 1. The molecule has 120 valence electrons. The van der Waals surface area contributed by atoms with Gasteiger partial charge in [-0.25, -0.2) is 9.97 Å². The van der Waals surface area contributed by atoms with E-state index in [0.29, 0.717) is 0 Å². The summed E-state index contributed by atoms with van der Waals surface area (Å²) >= 11 is 0. The Labute approximate surface area is 131 Å². The third-order valence-corrected chi connectivity index (χ3v) is 4.34. The molecule has 1 aliphatic heterocycles. The molecular formula is C16H24N4O2. The van der Waals surface area contributed by atoms with Gasteiger partial charge in [0.2, 0.25) is 11.9 Å². The molecule has 1 aliphatic carbocycles. The van der Waals surface area contributed by atoms with Gasteiger partial charge in [-0.1, -0.05) is 13.8 Å². The molecule has 1 saturated heterocycles. The molecule has 1 unspecified atom stereocenters. The first-order valence-electron chi connectivity index (χ1n) is 7.90. The maximum absolute atomic E-state index is 11.5. The highest BCUT2D eigenvalue weighted by atomic mass is 16.5. The van der Waals surface area contributed by atoms with Gasteiger partial charge in [0, 0.05) is 31.8 Å². The van der Waals surface area contributed by atoms with Crippen molar-refractivity contribution in [2.75, 3.05) is 31.2 Å². The van der Waals surface area contributed by atoms with Crippen LogP contribution in [-0.2, 0) is 16.0 Å². The Kier molecular flexibility index (Phi) is 4.04. The molecule has 1 amide bonds. The van der Waals surface area contributed by atoms with Crippen LogP contribution in [0.4, 0.5) is 5.95 Å². The van der Waals surface area contributed by atoms with E-state index in [9.17, 15) is 4.79 Å². The van der Waals surface area contributed by atoms with Crippen LogP contribution in [0.2, 0.25) is 0 Å². The number of amides is 1. The summed E-state index contributed by atoms with van der Waals surface area (Å²) in [5, 5.41) is 3.04. The van der Waals surface area contributed by atoms with Crippen molar-refractivity contribution < 1.29 is 9.53 Å². The van der Waals surface area contributed by atoms with E-state index in [1.54, 1.807) is 6.92 Å². The Hall–Kier alpha value is -1.69. The molecule has 2 aliphatic rings. The number of ether oxygens (including phenoxy) is 1. The average Bonchev–Trinajstić information content (AvgIpc) is 2.45. The third kappa shape index (κ3) is 3.21. The van der Waals surface area contributed by atoms with Crippen molar-refractivity contribution in [2.45, 2.75) is 39.7 Å². The van der Waals surface area contributed by atoms with Crippen molar-refractivity contribution >= 4 is 11.9 Å². The van der Waals surface area contributed by atoms with E-state index in [2.05, 4.69) is 29.0 Å². The summed E-state index contributed by atoms with van der Waals surface area (Å²) < 4.78 is 5.38. The predicted octanol–water partition coefficient (Wildman–Crippen LogP) is 1.46. The number of hydrogen-bond acceptors (Lipinski definition) is 5. The zero-order valence-electron chi connectivity index (χ0n) is 13.6. The highest BCUT2D eigenvalue weighted by Gasteiger charge is 2.34. The topological polar surface area (TPSA) is 67.4 Å². The molecule has 1 aromatic heterocycles. The Morgan fingerprint density at radius 2 is 2.14 bits per heavy atom. The molecule has 3 rings (SSSR count). The van der Waals surface area contributed by atoms with Gasteiger partial charge in [-0.2, -0.15) is 0 Å². The summed E-state index contributed by atoms with van der Waals surface area (Å²) in [6.45, 7) is 9.11. The minimum atomic E-state index is -0.00842. The number of morpholine rings is 1. The van der Waals surface area contributed by atoms with Crippen LogP contribution in [0, 0.1) is 5.41 Å². The van der Waals surface area contributed by atoms with Crippen LogP contribution in [-0.4, -0.2) is 42.2 Å². The molecule has 22 heavy (non-hydrogen) atoms. The second kappa shape index (κ2) is 5.83. The molecule has 6 nitrogen and oxygen atoms in total. The molecule has 0 spiro atoms. The Morgan fingerprint density at radius 3 is 2.82 bits per heavy atom. The third-order valence-electron chi connectivity index (χ3n) is 4.34. The average molecular weight is 304 g/mol. The first kappa shape index (κ1) is 15.2. The minimum Gasteiger partial charge on any atom is -0.378 e. The van der Waals surface area contributed by atoms with Gasteiger partial charge in [0.05, 0.1) is 24.9 Å². The lowest BCUT2D eigenvalue weighted by atomic mass is 9.74. The summed E-state index contributed by atoms with van der Waals surface area (Å²) in [7, 11) is 0. The van der Waals surface area contributed by atoms with Gasteiger partial charge >= 0.3 is 0 Å². The van der Waals surface area contributed by atoms with Crippen LogP contribution in [0.5, 0.6) is 0 Å². The van der Waals surface area contributed by atoms with Crippen LogP contribution >= 0.6 is 0 Å². The number of fused-ring (bicyclic) bond motifs is 1. The molecule has 0 bridgehead atoms. The van der Waals surface area contributed by atoms with Crippen LogP contribution in [0.3, 0.4) is 0 Å². The summed E-state index contributed by atoms with van der Waals surface area (Å²) in [5.74, 6) is 0.771. The lowest BCUT2D eigenvalue weighted by molar-refractivity contribution is -0.120. The van der Waals surface area contributed by atoms with Gasteiger partial charge in [0.15, 0.2) is 0 Å². The lowest BCUT2D eigenvalue weighted by Crippen LogP contribution is -2.39. The van der Waals surface area contributed by atoms with E-state index in [1.807, 2.05) is 6.20 Å². The van der Waals surface area contributed by atoms with E-state index in [-0.39, 0.29) is 17.4 Å². The quantitative estimate of drug-likeness (QED) is 0.896. The van der Waals surface area contributed by atoms with Crippen molar-refractivity contribution in [3.63, 3.8) is 0 Å². The number of carbonyl (C=O) groups excluding carboxylic acids is 1. The Bertz CT molecular complexity index is 567. The zero-order valence-corrected chi connectivity index (χ0v) is 13.6. The molecular weight excluding hydrogens is 280 g/mol. The van der Waals surface area contributed by atoms with Crippen LogP contribution in [0.25, 0.3) is 0 Å². The van der Waals surface area contributed by atoms with E-state index in [4.69, 9.17) is 9.72 Å². The van der Waals surface area contributed by atoms with Crippen molar-refractivity contribution in [2.24, 2.45) is 5.41 Å². The Morgan fingerprint density at radius 1 is 1.41 bits per heavy atom. The van der Waals surface area contributed by atoms with Crippen molar-refractivity contribution in [3.05, 3.63) is 17.5 Å². The molecule has 1 aromatic rings. The van der Waals surface area contributed by atoms with Crippen LogP contribution in [0.15, 0.2) is 6.20 Å². The molecule has 0 saturated carbocycles. The largest absolute Gasteiger partial charge is 0.378 e. The molecule has 2 heterocycles.